The molecule has 0 unspecified atom stereocenters. The molecule has 0 saturated carbocycles. The van der Waals surface area contributed by atoms with Crippen molar-refractivity contribution in [3.63, 3.8) is 0 Å². The van der Waals surface area contributed by atoms with E-state index in [-0.39, 0.29) is 5.96 Å². The third kappa shape index (κ3) is 1.72. The number of guanidine groups is 1. The fourth-order valence-corrected chi connectivity index (χ4v) is 0. The quantitative estimate of drug-likeness (QED) is 0.233. The monoisotopic (exact) mass is 88.1 g/mol. The average Bonchev–Trinajstić information content (AvgIpc) is 1.36. The molecule has 0 aromatic rings. The van der Waals surface area contributed by atoms with Crippen LogP contribution in [0.2, 0.25) is 0 Å². The Morgan fingerprint density at radius 2 is 1.83 bits per heavy atom. The van der Waals surface area contributed by atoms with Crippen LogP contribution in [0.25, 0.3) is 0 Å². The zero-order valence-electron chi connectivity index (χ0n) is 4.08. The summed E-state index contributed by atoms with van der Waals surface area (Å²) in [7, 11) is 3.62. The first kappa shape index (κ1) is 5.43. The van der Waals surface area contributed by atoms with Crippen LogP contribution in [0.3, 0.4) is 0 Å². The Kier molecular flexibility index (Phi) is 1.60. The Hall–Kier alpha value is -0.570. The first-order valence-corrected chi connectivity index (χ1v) is 1.79. The molecule has 0 bridgehead atoms. The highest BCUT2D eigenvalue weighted by Crippen LogP contribution is 1.20. The number of quaternary nitrogens is 1. The van der Waals surface area contributed by atoms with Gasteiger partial charge in [-0.3, -0.25) is 4.90 Å². The highest BCUT2D eigenvalue weighted by Gasteiger charge is 1.90. The molecule has 0 aromatic heterocycles. The van der Waals surface area contributed by atoms with E-state index in [1.165, 1.54) is 0 Å². The maximum absolute atomic E-state index is 6.69. The molecule has 0 radical (unpaired) electrons. The van der Waals surface area contributed by atoms with Gasteiger partial charge in [0, 0.05) is 0 Å². The second kappa shape index (κ2) is 1.77. The van der Waals surface area contributed by atoms with Gasteiger partial charge in [-0.25, -0.2) is 5.41 Å². The van der Waals surface area contributed by atoms with Gasteiger partial charge in [-0.05, 0) is 0 Å². The molecule has 0 aliphatic rings. The lowest BCUT2D eigenvalue weighted by Crippen LogP contribution is -3.10. The Balaban J connectivity index is 3.26. The summed E-state index contributed by atoms with van der Waals surface area (Å²) < 4.78 is 0. The molecule has 0 aromatic carbocycles. The fraction of sp³-hybridized carbons (Fsp3) is 0.667. The van der Waals surface area contributed by atoms with Gasteiger partial charge in [0.05, 0.1) is 14.1 Å². The highest BCUT2D eigenvalue weighted by atomic mass is 15.2. The number of hydrogen-bond acceptors (Lipinski definition) is 1. The van der Waals surface area contributed by atoms with Crippen molar-refractivity contribution in [1.82, 2.24) is 0 Å². The third-order valence-corrected chi connectivity index (χ3v) is 0.539. The molecule has 0 spiro atoms. The van der Waals surface area contributed by atoms with Crippen molar-refractivity contribution in [3.8, 4) is 0 Å². The molecule has 4 N–H and O–H groups in total. The van der Waals surface area contributed by atoms with Crippen LogP contribution in [0.1, 0.15) is 0 Å². The lowest BCUT2D eigenvalue weighted by Gasteiger charge is -1.98. The molecule has 3 heteroatoms. The first-order chi connectivity index (χ1) is 2.64. The number of hydrogen-bond donors (Lipinski definition) is 3. The van der Waals surface area contributed by atoms with E-state index in [1.807, 2.05) is 14.1 Å². The predicted octanol–water partition coefficient (Wildman–Crippen LogP) is -1.98. The minimum atomic E-state index is 0.176. The van der Waals surface area contributed by atoms with Crippen LogP contribution in [-0.2, 0) is 0 Å². The molecule has 0 rings (SSSR count). The highest BCUT2D eigenvalue weighted by molar-refractivity contribution is 5.64. The smallest absolute Gasteiger partial charge is 0.290 e. The normalized spacial score (nSPS) is 9.17. The zero-order valence-corrected chi connectivity index (χ0v) is 4.08. The molecule has 0 saturated heterocycles. The largest absolute Gasteiger partial charge is 0.338 e. The van der Waals surface area contributed by atoms with Crippen LogP contribution in [-0.4, -0.2) is 20.1 Å². The van der Waals surface area contributed by atoms with Crippen LogP contribution in [0, 0.1) is 5.41 Å². The van der Waals surface area contributed by atoms with Crippen LogP contribution in [0.5, 0.6) is 0 Å². The second-order valence-corrected chi connectivity index (χ2v) is 1.41. The van der Waals surface area contributed by atoms with Crippen molar-refractivity contribution >= 4 is 5.96 Å². The van der Waals surface area contributed by atoms with Crippen LogP contribution in [0.15, 0.2) is 0 Å². The van der Waals surface area contributed by atoms with Gasteiger partial charge in [0.15, 0.2) is 0 Å². The average molecular weight is 88.1 g/mol. The van der Waals surface area contributed by atoms with Crippen molar-refractivity contribution in [2.24, 2.45) is 5.73 Å². The summed E-state index contributed by atoms with van der Waals surface area (Å²) >= 11 is 0. The van der Waals surface area contributed by atoms with E-state index in [9.17, 15) is 0 Å². The maximum atomic E-state index is 6.69. The fourth-order valence-electron chi connectivity index (χ4n) is 0. The van der Waals surface area contributed by atoms with Gasteiger partial charge in [0.25, 0.3) is 5.96 Å². The third-order valence-electron chi connectivity index (χ3n) is 0.539. The molecule has 0 amide bonds. The van der Waals surface area contributed by atoms with Gasteiger partial charge in [0.2, 0.25) is 0 Å². The molecular formula is C3H10N3+. The molecule has 0 atom stereocenters. The van der Waals surface area contributed by atoms with Gasteiger partial charge >= 0.3 is 0 Å². The van der Waals surface area contributed by atoms with E-state index < -0.39 is 0 Å². The van der Waals surface area contributed by atoms with E-state index >= 15 is 0 Å². The van der Waals surface area contributed by atoms with E-state index in [0.29, 0.717) is 0 Å². The van der Waals surface area contributed by atoms with Gasteiger partial charge in [0.1, 0.15) is 0 Å². The molecule has 0 heterocycles. The standard InChI is InChI=1S/C3H9N3/c1-6(2)3(4)5/h1-2H3,(H3,4,5)/p+1. The van der Waals surface area contributed by atoms with E-state index in [1.54, 1.807) is 0 Å². The number of nitrogens with one attached hydrogen (secondary N) is 2. The van der Waals surface area contributed by atoms with Gasteiger partial charge in [-0.2, -0.15) is 0 Å². The zero-order chi connectivity index (χ0) is 5.15. The first-order valence-electron chi connectivity index (χ1n) is 1.79. The molecule has 0 aliphatic carbocycles. The summed E-state index contributed by atoms with van der Waals surface area (Å²) in [6.07, 6.45) is 0. The molecule has 0 aliphatic heterocycles. The molecule has 3 nitrogen and oxygen atoms in total. The molecule has 6 heavy (non-hydrogen) atoms. The number of rotatable bonds is 0. The van der Waals surface area contributed by atoms with Crippen LogP contribution >= 0.6 is 0 Å². The summed E-state index contributed by atoms with van der Waals surface area (Å²) in [5.41, 5.74) is 4.98. The maximum Gasteiger partial charge on any atom is 0.290 e. The second-order valence-electron chi connectivity index (χ2n) is 1.41. The summed E-state index contributed by atoms with van der Waals surface area (Å²) in [6, 6.07) is 0. The van der Waals surface area contributed by atoms with Crippen molar-refractivity contribution in [2.75, 3.05) is 14.1 Å². The minimum Gasteiger partial charge on any atom is -0.338 e. The van der Waals surface area contributed by atoms with Crippen molar-refractivity contribution in [3.05, 3.63) is 0 Å². The summed E-state index contributed by atoms with van der Waals surface area (Å²) in [5.74, 6) is 0.176. The van der Waals surface area contributed by atoms with E-state index in [4.69, 9.17) is 11.1 Å². The Morgan fingerprint density at radius 3 is 1.83 bits per heavy atom. The Bertz CT molecular complexity index is 57.1. The molecule has 36 valence electrons. The lowest BCUT2D eigenvalue weighted by molar-refractivity contribution is -0.760. The Labute approximate surface area is 37.3 Å². The minimum absolute atomic E-state index is 0.176. The van der Waals surface area contributed by atoms with Crippen LogP contribution in [0.4, 0.5) is 0 Å². The SMILES string of the molecule is C[NH+](C)C(=N)N. The van der Waals surface area contributed by atoms with Crippen molar-refractivity contribution in [2.45, 2.75) is 0 Å². The van der Waals surface area contributed by atoms with Gasteiger partial charge in [-0.15, -0.1) is 0 Å². The lowest BCUT2D eigenvalue weighted by atomic mass is 10.8. The molecular weight excluding hydrogens is 78.1 g/mol. The number of nitrogens with two attached hydrogens (primary N) is 1. The van der Waals surface area contributed by atoms with Gasteiger partial charge in [-0.1, -0.05) is 0 Å². The van der Waals surface area contributed by atoms with Gasteiger partial charge < -0.3 is 5.73 Å². The summed E-state index contributed by atoms with van der Waals surface area (Å²) in [4.78, 5) is 0.870. The van der Waals surface area contributed by atoms with E-state index in [2.05, 4.69) is 0 Å². The Morgan fingerprint density at radius 1 is 1.67 bits per heavy atom. The summed E-state index contributed by atoms with van der Waals surface area (Å²) in [5, 5.41) is 6.69. The molecule has 0 fully saturated rings. The van der Waals surface area contributed by atoms with Crippen molar-refractivity contribution < 1.29 is 4.90 Å². The predicted molar refractivity (Wildman–Crippen MR) is 24.7 cm³/mol. The van der Waals surface area contributed by atoms with Crippen molar-refractivity contribution in [1.29, 1.82) is 5.41 Å². The summed E-state index contributed by atoms with van der Waals surface area (Å²) in [6.45, 7) is 0. The van der Waals surface area contributed by atoms with E-state index in [0.717, 1.165) is 4.90 Å². The van der Waals surface area contributed by atoms with Crippen LogP contribution < -0.4 is 10.6 Å². The topological polar surface area (TPSA) is 54.3 Å².